The van der Waals surface area contributed by atoms with E-state index in [1.807, 2.05) is 0 Å². The third-order valence-electron chi connectivity index (χ3n) is 2.01. The van der Waals surface area contributed by atoms with Crippen molar-refractivity contribution in [3.63, 3.8) is 0 Å². The Bertz CT molecular complexity index is 377. The normalized spacial score (nSPS) is 10.0. The van der Waals surface area contributed by atoms with Crippen LogP contribution in [0, 0.1) is 24.0 Å². The van der Waals surface area contributed by atoms with Gasteiger partial charge in [-0.05, 0) is 24.9 Å². The van der Waals surface area contributed by atoms with Gasteiger partial charge in [0, 0.05) is 11.3 Å². The first-order valence-electron chi connectivity index (χ1n) is 3.74. The Morgan fingerprint density at radius 2 is 2.08 bits per heavy atom. The Labute approximate surface area is 77.3 Å². The predicted octanol–water partition coefficient (Wildman–Crippen LogP) is 0.588. The summed E-state index contributed by atoms with van der Waals surface area (Å²) in [6, 6.07) is 1.51. The van der Waals surface area contributed by atoms with Crippen LogP contribution in [0.5, 0.6) is 0 Å². The molecular weight excluding hydrogens is 167 g/mol. The summed E-state index contributed by atoms with van der Waals surface area (Å²) in [4.78, 5) is 10.1. The first-order chi connectivity index (χ1) is 5.95. The lowest BCUT2D eigenvalue weighted by molar-refractivity contribution is -0.384. The second-order valence-corrected chi connectivity index (χ2v) is 2.93. The van der Waals surface area contributed by atoms with Crippen LogP contribution in [-0.4, -0.2) is 12.8 Å². The van der Waals surface area contributed by atoms with Crippen molar-refractivity contribution in [1.82, 2.24) is 0 Å². The quantitative estimate of drug-likeness (QED) is 0.294. The fraction of sp³-hybridized carbons (Fsp3) is 0.250. The van der Waals surface area contributed by atoms with Crippen molar-refractivity contribution in [1.29, 1.82) is 0 Å². The van der Waals surface area contributed by atoms with Gasteiger partial charge in [-0.15, -0.1) is 0 Å². The van der Waals surface area contributed by atoms with Gasteiger partial charge >= 0.3 is 0 Å². The molecule has 0 bridgehead atoms. The fourth-order valence-electron chi connectivity index (χ4n) is 1.26. The van der Waals surface area contributed by atoms with Crippen LogP contribution in [0.25, 0.3) is 0 Å². The van der Waals surface area contributed by atoms with Crippen molar-refractivity contribution in [3.8, 4) is 0 Å². The summed E-state index contributed by atoms with van der Waals surface area (Å²) in [5, 5.41) is 10.6. The molecule has 0 fully saturated rings. The van der Waals surface area contributed by atoms with Gasteiger partial charge in [-0.1, -0.05) is 6.07 Å². The largest absolute Gasteiger partial charge is 0.398 e. The molecule has 1 rings (SSSR count). The van der Waals surface area contributed by atoms with Crippen LogP contribution in [0.15, 0.2) is 6.07 Å². The summed E-state index contributed by atoms with van der Waals surface area (Å²) < 4.78 is 0. The minimum atomic E-state index is -0.513. The van der Waals surface area contributed by atoms with Crippen LogP contribution in [0.2, 0.25) is 0 Å². The number of nitrogens with zero attached hydrogens (tertiary/aromatic N) is 1. The van der Waals surface area contributed by atoms with Crippen molar-refractivity contribution < 1.29 is 4.92 Å². The molecule has 13 heavy (non-hydrogen) atoms. The van der Waals surface area contributed by atoms with Gasteiger partial charge < -0.3 is 5.73 Å². The zero-order valence-corrected chi connectivity index (χ0v) is 7.50. The minimum absolute atomic E-state index is 0.0944. The lowest BCUT2D eigenvalue weighted by atomic mass is 9.89. The van der Waals surface area contributed by atoms with E-state index < -0.39 is 4.92 Å². The molecule has 2 N–H and O–H groups in total. The maximum atomic E-state index is 10.6. The lowest BCUT2D eigenvalue weighted by Gasteiger charge is -2.07. The van der Waals surface area contributed by atoms with E-state index in [9.17, 15) is 10.1 Å². The Morgan fingerprint density at radius 1 is 1.54 bits per heavy atom. The number of hydrogen-bond donors (Lipinski definition) is 1. The van der Waals surface area contributed by atoms with Gasteiger partial charge in [-0.25, -0.2) is 0 Å². The first kappa shape index (κ1) is 9.57. The highest BCUT2D eigenvalue weighted by Gasteiger charge is 2.17. The molecule has 4 nitrogen and oxygen atoms in total. The van der Waals surface area contributed by atoms with Crippen molar-refractivity contribution in [2.75, 3.05) is 5.73 Å². The van der Waals surface area contributed by atoms with Crippen LogP contribution in [0.1, 0.15) is 11.1 Å². The molecule has 2 radical (unpaired) electrons. The third kappa shape index (κ3) is 1.49. The van der Waals surface area contributed by atoms with E-state index in [2.05, 4.69) is 0 Å². The number of nitrogen functional groups attached to an aromatic ring is 1. The van der Waals surface area contributed by atoms with Gasteiger partial charge in [0.1, 0.15) is 7.85 Å². The summed E-state index contributed by atoms with van der Waals surface area (Å²) in [6.45, 7) is 3.36. The monoisotopic (exact) mass is 176 g/mol. The van der Waals surface area contributed by atoms with E-state index >= 15 is 0 Å². The van der Waals surface area contributed by atoms with E-state index in [0.29, 0.717) is 11.3 Å². The van der Waals surface area contributed by atoms with Crippen LogP contribution in [-0.2, 0) is 0 Å². The fourth-order valence-corrected chi connectivity index (χ4v) is 1.26. The Hall–Kier alpha value is -1.52. The number of nitrogens with two attached hydrogens (primary N) is 1. The van der Waals surface area contributed by atoms with E-state index in [4.69, 9.17) is 13.6 Å². The zero-order valence-electron chi connectivity index (χ0n) is 7.50. The summed E-state index contributed by atoms with van der Waals surface area (Å²) in [5.74, 6) is 0. The molecule has 0 atom stereocenters. The van der Waals surface area contributed by atoms with E-state index in [0.717, 1.165) is 5.56 Å². The molecule has 66 valence electrons. The molecule has 0 amide bonds. The standard InChI is InChI=1S/C8H9BN2O2/c1-4-3-6(9)8(11(12)13)5(2)7(4)10/h3H,10H2,1-2H3. The highest BCUT2D eigenvalue weighted by atomic mass is 16.6. The van der Waals surface area contributed by atoms with Gasteiger partial charge in [0.15, 0.2) is 0 Å². The maximum Gasteiger partial charge on any atom is 0.267 e. The molecular formula is C8H9BN2O2. The molecule has 0 saturated heterocycles. The molecule has 1 aromatic carbocycles. The van der Waals surface area contributed by atoms with Crippen molar-refractivity contribution in [2.45, 2.75) is 13.8 Å². The maximum absolute atomic E-state index is 10.6. The van der Waals surface area contributed by atoms with Gasteiger partial charge in [-0.3, -0.25) is 10.1 Å². The predicted molar refractivity (Wildman–Crippen MR) is 52.4 cm³/mol. The summed E-state index contributed by atoms with van der Waals surface area (Å²) in [7, 11) is 5.49. The van der Waals surface area contributed by atoms with Crippen molar-refractivity contribution in [3.05, 3.63) is 27.3 Å². The van der Waals surface area contributed by atoms with Crippen LogP contribution >= 0.6 is 0 Å². The Kier molecular flexibility index (Phi) is 2.27. The van der Waals surface area contributed by atoms with Gasteiger partial charge in [0.05, 0.1) is 4.92 Å². The minimum Gasteiger partial charge on any atom is -0.398 e. The van der Waals surface area contributed by atoms with E-state index in [-0.39, 0.29) is 11.2 Å². The van der Waals surface area contributed by atoms with E-state index in [1.54, 1.807) is 13.8 Å². The molecule has 0 saturated carbocycles. The van der Waals surface area contributed by atoms with Gasteiger partial charge in [-0.2, -0.15) is 0 Å². The number of hydrogen-bond acceptors (Lipinski definition) is 3. The molecule has 0 aromatic heterocycles. The van der Waals surface area contributed by atoms with E-state index in [1.165, 1.54) is 6.07 Å². The molecule has 0 heterocycles. The molecule has 1 aromatic rings. The molecule has 0 spiro atoms. The van der Waals surface area contributed by atoms with Crippen molar-refractivity contribution in [2.24, 2.45) is 0 Å². The number of anilines is 1. The number of aryl methyl sites for hydroxylation is 1. The number of nitro groups is 1. The third-order valence-corrected chi connectivity index (χ3v) is 2.01. The number of benzene rings is 1. The van der Waals surface area contributed by atoms with Crippen LogP contribution in [0.3, 0.4) is 0 Å². The first-order valence-corrected chi connectivity index (χ1v) is 3.74. The van der Waals surface area contributed by atoms with Gasteiger partial charge in [0.2, 0.25) is 0 Å². The Morgan fingerprint density at radius 3 is 2.54 bits per heavy atom. The molecule has 0 unspecified atom stereocenters. The van der Waals surface area contributed by atoms with Crippen molar-refractivity contribution >= 4 is 24.7 Å². The van der Waals surface area contributed by atoms with Crippen LogP contribution < -0.4 is 11.2 Å². The average molecular weight is 176 g/mol. The molecule has 0 aliphatic heterocycles. The summed E-state index contributed by atoms with van der Waals surface area (Å²) >= 11 is 0. The highest BCUT2D eigenvalue weighted by Crippen LogP contribution is 2.23. The Balaban J connectivity index is 3.53. The summed E-state index contributed by atoms with van der Waals surface area (Å²) in [5.41, 5.74) is 7.32. The number of rotatable bonds is 1. The molecule has 5 heteroatoms. The molecule has 0 aliphatic rings. The van der Waals surface area contributed by atoms with Gasteiger partial charge in [0.25, 0.3) is 5.69 Å². The SMILES string of the molecule is [B]c1cc(C)c(N)c(C)c1[N+](=O)[O-]. The highest BCUT2D eigenvalue weighted by molar-refractivity contribution is 6.35. The van der Waals surface area contributed by atoms with Crippen LogP contribution in [0.4, 0.5) is 11.4 Å². The summed E-state index contributed by atoms with van der Waals surface area (Å²) in [6.07, 6.45) is 0. The average Bonchev–Trinajstić information content (AvgIpc) is 1.99. The zero-order chi connectivity index (χ0) is 10.2. The number of nitro benzene ring substituents is 1. The smallest absolute Gasteiger partial charge is 0.267 e. The lowest BCUT2D eigenvalue weighted by Crippen LogP contribution is -2.14. The topological polar surface area (TPSA) is 69.2 Å². The second-order valence-electron chi connectivity index (χ2n) is 2.93. The molecule has 0 aliphatic carbocycles. The second kappa shape index (κ2) is 3.09.